The lowest BCUT2D eigenvalue weighted by atomic mass is 10.00. The van der Waals surface area contributed by atoms with Crippen molar-refractivity contribution >= 4 is 45.9 Å². The molecule has 0 spiro atoms. The van der Waals surface area contributed by atoms with Crippen LogP contribution in [-0.2, 0) is 20.8 Å². The van der Waals surface area contributed by atoms with Crippen LogP contribution in [0.5, 0.6) is 0 Å². The first-order chi connectivity index (χ1) is 15.0. The highest BCUT2D eigenvalue weighted by Crippen LogP contribution is 2.24. The van der Waals surface area contributed by atoms with E-state index in [1.165, 1.54) is 11.3 Å². The fraction of sp³-hybridized carbons (Fsp3) is 0.217. The number of rotatable bonds is 7. The van der Waals surface area contributed by atoms with Gasteiger partial charge >= 0.3 is 17.8 Å². The molecular weight excluding hydrogens is 414 g/mol. The number of amides is 5. The fourth-order valence-corrected chi connectivity index (χ4v) is 4.40. The molecule has 3 aromatic rings. The third-order valence-electron chi connectivity index (χ3n) is 5.27. The summed E-state index contributed by atoms with van der Waals surface area (Å²) in [6.45, 7) is 1.45. The summed E-state index contributed by atoms with van der Waals surface area (Å²) < 4.78 is 0. The lowest BCUT2D eigenvalue weighted by molar-refractivity contribution is -0.144. The molecule has 8 heteroatoms. The highest BCUT2D eigenvalue weighted by molar-refractivity contribution is 7.09. The van der Waals surface area contributed by atoms with Crippen LogP contribution in [0.3, 0.4) is 0 Å². The monoisotopic (exact) mass is 435 g/mol. The van der Waals surface area contributed by atoms with E-state index >= 15 is 0 Å². The Kier molecular flexibility index (Phi) is 5.81. The molecule has 0 radical (unpaired) electrons. The number of carbonyl (C=O) groups is 4. The van der Waals surface area contributed by atoms with Gasteiger partial charge in [-0.25, -0.2) is 9.69 Å². The minimum absolute atomic E-state index is 0.106. The molecule has 0 unspecified atom stereocenters. The van der Waals surface area contributed by atoms with Crippen LogP contribution in [0.1, 0.15) is 23.4 Å². The van der Waals surface area contributed by atoms with Gasteiger partial charge in [-0.15, -0.1) is 11.3 Å². The lowest BCUT2D eigenvalue weighted by Crippen LogP contribution is -2.42. The number of imide groups is 2. The maximum absolute atomic E-state index is 12.6. The highest BCUT2D eigenvalue weighted by atomic mass is 32.1. The Morgan fingerprint density at radius 1 is 0.968 bits per heavy atom. The predicted molar refractivity (Wildman–Crippen MR) is 117 cm³/mol. The Balaban J connectivity index is 1.41. The van der Waals surface area contributed by atoms with Crippen molar-refractivity contribution in [3.8, 4) is 0 Å². The van der Waals surface area contributed by atoms with Crippen LogP contribution < -0.4 is 5.32 Å². The number of carbonyl (C=O) groups excluding carboxylic acids is 4. The maximum atomic E-state index is 12.6. The van der Waals surface area contributed by atoms with E-state index < -0.39 is 30.3 Å². The van der Waals surface area contributed by atoms with Crippen LogP contribution in [-0.4, -0.2) is 46.6 Å². The summed E-state index contributed by atoms with van der Waals surface area (Å²) in [6.07, 6.45) is 0.473. The largest absolute Gasteiger partial charge is 0.348 e. The van der Waals surface area contributed by atoms with Gasteiger partial charge < -0.3 is 5.32 Å². The third kappa shape index (κ3) is 4.20. The number of fused-ring (bicyclic) bond motifs is 1. The smallest absolute Gasteiger partial charge is 0.334 e. The van der Waals surface area contributed by atoms with E-state index in [1.807, 2.05) is 66.9 Å². The van der Waals surface area contributed by atoms with Crippen LogP contribution >= 0.6 is 11.3 Å². The summed E-state index contributed by atoms with van der Waals surface area (Å²) in [6, 6.07) is 16.4. The maximum Gasteiger partial charge on any atom is 0.334 e. The third-order valence-corrected chi connectivity index (χ3v) is 6.20. The number of nitrogens with zero attached hydrogens (tertiary/aromatic N) is 2. The van der Waals surface area contributed by atoms with Crippen LogP contribution in [0.4, 0.5) is 4.79 Å². The summed E-state index contributed by atoms with van der Waals surface area (Å²) in [7, 11) is 0. The summed E-state index contributed by atoms with van der Waals surface area (Å²) in [5.41, 5.74) is 0.930. The average Bonchev–Trinajstić information content (AvgIpc) is 3.35. The van der Waals surface area contributed by atoms with Crippen molar-refractivity contribution in [1.82, 2.24) is 15.1 Å². The molecule has 31 heavy (non-hydrogen) atoms. The van der Waals surface area contributed by atoms with Gasteiger partial charge in [0.2, 0.25) is 5.91 Å². The van der Waals surface area contributed by atoms with Crippen molar-refractivity contribution in [3.63, 3.8) is 0 Å². The van der Waals surface area contributed by atoms with Crippen molar-refractivity contribution in [2.24, 2.45) is 0 Å². The highest BCUT2D eigenvalue weighted by Gasteiger charge is 2.44. The van der Waals surface area contributed by atoms with Crippen molar-refractivity contribution < 1.29 is 19.2 Å². The molecule has 4 rings (SSSR count). The van der Waals surface area contributed by atoms with E-state index in [2.05, 4.69) is 5.32 Å². The standard InChI is InChI=1S/C23H21N3O4S/c1-15(18-10-4-7-16-6-2-3-9-19(16)18)24-20(27)14-26-22(29)21(28)25(23(26)30)12-11-17-8-5-13-31-17/h2-10,13,15H,11-12,14H2,1H3,(H,24,27)/t15-/m1/s1. The molecule has 0 saturated carbocycles. The Hall–Kier alpha value is -3.52. The summed E-state index contributed by atoms with van der Waals surface area (Å²) in [4.78, 5) is 52.3. The SMILES string of the molecule is C[C@@H](NC(=O)CN1C(=O)C(=O)N(CCc2cccs2)C1=O)c1cccc2ccccc12. The minimum Gasteiger partial charge on any atom is -0.348 e. The molecule has 1 N–H and O–H groups in total. The molecule has 0 aliphatic carbocycles. The van der Waals surface area contributed by atoms with Gasteiger partial charge in [0.15, 0.2) is 0 Å². The second kappa shape index (κ2) is 8.69. The van der Waals surface area contributed by atoms with E-state index in [1.54, 1.807) is 0 Å². The average molecular weight is 436 g/mol. The zero-order valence-electron chi connectivity index (χ0n) is 16.9. The number of nitrogens with one attached hydrogen (secondary N) is 1. The Labute approximate surface area is 183 Å². The van der Waals surface area contributed by atoms with Crippen molar-refractivity contribution in [1.29, 1.82) is 0 Å². The van der Waals surface area contributed by atoms with E-state index in [9.17, 15) is 19.2 Å². The Bertz CT molecular complexity index is 1150. The molecular formula is C23H21N3O4S. The first-order valence-electron chi connectivity index (χ1n) is 9.92. The van der Waals surface area contributed by atoms with Crippen molar-refractivity contribution in [2.45, 2.75) is 19.4 Å². The predicted octanol–water partition coefficient (Wildman–Crippen LogP) is 3.11. The molecule has 1 aliphatic heterocycles. The molecule has 7 nitrogen and oxygen atoms in total. The van der Waals surface area contributed by atoms with Gasteiger partial charge in [0.05, 0.1) is 6.04 Å². The van der Waals surface area contributed by atoms with Crippen molar-refractivity contribution in [2.75, 3.05) is 13.1 Å². The minimum atomic E-state index is -0.968. The molecule has 1 aliphatic rings. The number of hydrogen-bond acceptors (Lipinski definition) is 5. The normalized spacial score (nSPS) is 15.1. The summed E-state index contributed by atoms with van der Waals surface area (Å²) in [5, 5.41) is 6.80. The van der Waals surface area contributed by atoms with Gasteiger partial charge in [-0.05, 0) is 34.7 Å². The number of benzene rings is 2. The molecule has 1 atom stereocenters. The number of thiophene rings is 1. The van der Waals surface area contributed by atoms with Gasteiger partial charge in [0.25, 0.3) is 0 Å². The molecule has 158 valence electrons. The van der Waals surface area contributed by atoms with E-state index in [-0.39, 0.29) is 12.6 Å². The second-order valence-electron chi connectivity index (χ2n) is 7.32. The number of hydrogen-bond donors (Lipinski definition) is 1. The van der Waals surface area contributed by atoms with E-state index in [0.29, 0.717) is 11.3 Å². The molecule has 1 aromatic heterocycles. The van der Waals surface area contributed by atoms with Crippen LogP contribution in [0.25, 0.3) is 10.8 Å². The quantitative estimate of drug-likeness (QED) is 0.456. The number of urea groups is 1. The van der Waals surface area contributed by atoms with E-state index in [4.69, 9.17) is 0 Å². The van der Waals surface area contributed by atoms with Gasteiger partial charge in [0, 0.05) is 17.8 Å². The summed E-state index contributed by atoms with van der Waals surface area (Å²) in [5.74, 6) is -2.37. The van der Waals surface area contributed by atoms with Crippen LogP contribution in [0, 0.1) is 0 Å². The zero-order chi connectivity index (χ0) is 22.0. The van der Waals surface area contributed by atoms with Crippen LogP contribution in [0.15, 0.2) is 60.0 Å². The Morgan fingerprint density at radius 3 is 2.48 bits per heavy atom. The second-order valence-corrected chi connectivity index (χ2v) is 8.35. The molecule has 1 fully saturated rings. The first kappa shape index (κ1) is 20.7. The van der Waals surface area contributed by atoms with Gasteiger partial charge in [-0.2, -0.15) is 0 Å². The molecule has 1 saturated heterocycles. The van der Waals surface area contributed by atoms with Gasteiger partial charge in [-0.3, -0.25) is 19.3 Å². The molecule has 2 heterocycles. The zero-order valence-corrected chi connectivity index (χ0v) is 17.7. The lowest BCUT2D eigenvalue weighted by Gasteiger charge is -2.19. The molecule has 0 bridgehead atoms. The topological polar surface area (TPSA) is 86.8 Å². The van der Waals surface area contributed by atoms with Gasteiger partial charge in [0.1, 0.15) is 6.54 Å². The Morgan fingerprint density at radius 2 is 1.71 bits per heavy atom. The fourth-order valence-electron chi connectivity index (χ4n) is 3.70. The van der Waals surface area contributed by atoms with Crippen LogP contribution in [0.2, 0.25) is 0 Å². The van der Waals surface area contributed by atoms with Gasteiger partial charge in [-0.1, -0.05) is 48.5 Å². The molecule has 2 aromatic carbocycles. The molecule has 5 amide bonds. The summed E-state index contributed by atoms with van der Waals surface area (Å²) >= 11 is 1.51. The first-order valence-corrected chi connectivity index (χ1v) is 10.8. The van der Waals surface area contributed by atoms with Crippen molar-refractivity contribution in [3.05, 3.63) is 70.4 Å². The van der Waals surface area contributed by atoms with E-state index in [0.717, 1.165) is 26.1 Å².